The largest absolute Gasteiger partial charge is 0.456 e. The molecule has 3 aromatic carbocycles. The quantitative estimate of drug-likeness (QED) is 0.485. The molecule has 3 aromatic rings. The van der Waals surface area contributed by atoms with Gasteiger partial charge >= 0.3 is 0 Å². The van der Waals surface area contributed by atoms with E-state index < -0.39 is 26.0 Å². The van der Waals surface area contributed by atoms with E-state index in [0.717, 1.165) is 12.3 Å². The number of rotatable bonds is 7. The van der Waals surface area contributed by atoms with Crippen LogP contribution in [0.5, 0.6) is 11.5 Å². The molecule has 0 radical (unpaired) electrons. The number of hydrogen-bond donors (Lipinski definition) is 2. The van der Waals surface area contributed by atoms with Crippen LogP contribution in [0.2, 0.25) is 10.0 Å². The maximum absolute atomic E-state index is 12.8. The highest BCUT2D eigenvalue weighted by atomic mass is 35.5. The van der Waals surface area contributed by atoms with Crippen molar-refractivity contribution >= 4 is 54.8 Å². The Morgan fingerprint density at radius 3 is 2.19 bits per heavy atom. The van der Waals surface area contributed by atoms with Gasteiger partial charge in [0.1, 0.15) is 11.5 Å². The molecule has 0 fully saturated rings. The van der Waals surface area contributed by atoms with Crippen LogP contribution in [-0.4, -0.2) is 29.0 Å². The standard InChI is InChI=1S/C20H16Cl2N2O6S2/c1-31(26,27)24-20(25)16-12-13(21)6-11-18(16)23-32(28,29)15-9-7-14(8-10-15)30-19-5-3-2-4-17(19)22/h2-12,23H,1H3,(H,24,25). The lowest BCUT2D eigenvalue weighted by atomic mass is 10.2. The van der Waals surface area contributed by atoms with E-state index in [2.05, 4.69) is 4.72 Å². The van der Waals surface area contributed by atoms with E-state index in [-0.39, 0.29) is 21.2 Å². The maximum atomic E-state index is 12.8. The van der Waals surface area contributed by atoms with Crippen molar-refractivity contribution in [3.63, 3.8) is 0 Å². The van der Waals surface area contributed by atoms with Crippen LogP contribution in [0, 0.1) is 0 Å². The molecular weight excluding hydrogens is 499 g/mol. The van der Waals surface area contributed by atoms with Crippen LogP contribution in [0.3, 0.4) is 0 Å². The Morgan fingerprint density at radius 1 is 0.906 bits per heavy atom. The van der Waals surface area contributed by atoms with Crippen molar-refractivity contribution in [2.45, 2.75) is 4.90 Å². The Kier molecular flexibility index (Phi) is 6.99. The van der Waals surface area contributed by atoms with E-state index in [9.17, 15) is 21.6 Å². The summed E-state index contributed by atoms with van der Waals surface area (Å²) in [6.07, 6.45) is 0.797. The van der Waals surface area contributed by atoms with E-state index in [0.29, 0.717) is 16.5 Å². The molecule has 2 N–H and O–H groups in total. The summed E-state index contributed by atoms with van der Waals surface area (Å²) in [5.41, 5.74) is -0.405. The summed E-state index contributed by atoms with van der Waals surface area (Å²) in [6.45, 7) is 0. The predicted octanol–water partition coefficient (Wildman–Crippen LogP) is 4.28. The van der Waals surface area contributed by atoms with Gasteiger partial charge in [0, 0.05) is 5.02 Å². The van der Waals surface area contributed by atoms with Gasteiger partial charge in [0.2, 0.25) is 10.0 Å². The van der Waals surface area contributed by atoms with Gasteiger partial charge < -0.3 is 4.74 Å². The number of carbonyl (C=O) groups is 1. The Labute approximate surface area is 195 Å². The van der Waals surface area contributed by atoms with Gasteiger partial charge in [0.15, 0.2) is 0 Å². The molecule has 0 aromatic heterocycles. The van der Waals surface area contributed by atoms with E-state index >= 15 is 0 Å². The van der Waals surface area contributed by atoms with E-state index in [4.69, 9.17) is 27.9 Å². The van der Waals surface area contributed by atoms with Crippen molar-refractivity contribution in [1.29, 1.82) is 0 Å². The second-order valence-corrected chi connectivity index (χ2v) is 10.8. The number of para-hydroxylation sites is 1. The molecule has 0 spiro atoms. The minimum Gasteiger partial charge on any atom is -0.456 e. The predicted molar refractivity (Wildman–Crippen MR) is 123 cm³/mol. The second kappa shape index (κ2) is 9.37. The van der Waals surface area contributed by atoms with Crippen molar-refractivity contribution in [3.05, 3.63) is 82.3 Å². The Morgan fingerprint density at radius 2 is 1.56 bits per heavy atom. The molecule has 12 heteroatoms. The van der Waals surface area contributed by atoms with Crippen LogP contribution in [0.4, 0.5) is 5.69 Å². The maximum Gasteiger partial charge on any atom is 0.266 e. The molecule has 168 valence electrons. The fourth-order valence-corrected chi connectivity index (χ4v) is 4.43. The molecule has 0 aliphatic carbocycles. The van der Waals surface area contributed by atoms with Gasteiger partial charge in [-0.05, 0) is 54.6 Å². The van der Waals surface area contributed by atoms with Gasteiger partial charge in [-0.1, -0.05) is 35.3 Å². The summed E-state index contributed by atoms with van der Waals surface area (Å²) in [7, 11) is -8.00. The van der Waals surface area contributed by atoms with E-state index in [1.807, 2.05) is 0 Å². The highest BCUT2D eigenvalue weighted by Crippen LogP contribution is 2.30. The molecule has 0 atom stereocenters. The smallest absolute Gasteiger partial charge is 0.266 e. The first kappa shape index (κ1) is 23.9. The first-order valence-corrected chi connectivity index (χ1v) is 12.9. The Balaban J connectivity index is 1.85. The zero-order valence-corrected chi connectivity index (χ0v) is 19.5. The highest BCUT2D eigenvalue weighted by Gasteiger charge is 2.21. The van der Waals surface area contributed by atoms with E-state index in [1.54, 1.807) is 29.0 Å². The van der Waals surface area contributed by atoms with E-state index in [1.165, 1.54) is 36.4 Å². The first-order chi connectivity index (χ1) is 14.9. The zero-order valence-electron chi connectivity index (χ0n) is 16.4. The fraction of sp³-hybridized carbons (Fsp3) is 0.0500. The van der Waals surface area contributed by atoms with Crippen molar-refractivity contribution in [3.8, 4) is 11.5 Å². The van der Waals surface area contributed by atoms with Crippen LogP contribution in [-0.2, 0) is 20.0 Å². The summed E-state index contributed by atoms with van der Waals surface area (Å²) >= 11 is 11.9. The van der Waals surface area contributed by atoms with Crippen LogP contribution >= 0.6 is 23.2 Å². The molecule has 8 nitrogen and oxygen atoms in total. The normalized spacial score (nSPS) is 11.6. The minimum atomic E-state index is -4.13. The number of ether oxygens (including phenoxy) is 1. The number of carbonyl (C=O) groups excluding carboxylic acids is 1. The summed E-state index contributed by atoms with van der Waals surface area (Å²) in [6, 6.07) is 16.1. The third-order valence-corrected chi connectivity index (χ3v) is 6.43. The molecule has 3 rings (SSSR count). The lowest BCUT2D eigenvalue weighted by molar-refractivity contribution is 0.0982. The van der Waals surface area contributed by atoms with Gasteiger partial charge in [0.05, 0.1) is 27.4 Å². The number of anilines is 1. The minimum absolute atomic E-state index is 0.117. The second-order valence-electron chi connectivity index (χ2n) is 6.50. The molecule has 0 saturated heterocycles. The molecule has 0 bridgehead atoms. The van der Waals surface area contributed by atoms with Crippen LogP contribution in [0.25, 0.3) is 0 Å². The van der Waals surface area contributed by atoms with Crippen molar-refractivity contribution in [2.75, 3.05) is 11.0 Å². The molecule has 32 heavy (non-hydrogen) atoms. The zero-order chi connectivity index (χ0) is 23.5. The summed E-state index contributed by atoms with van der Waals surface area (Å²) in [4.78, 5) is 12.2. The molecule has 0 unspecified atom stereocenters. The number of amides is 1. The van der Waals surface area contributed by atoms with Gasteiger partial charge in [-0.2, -0.15) is 0 Å². The van der Waals surface area contributed by atoms with Crippen molar-refractivity contribution < 1.29 is 26.4 Å². The molecule has 0 aliphatic heterocycles. The number of halogens is 2. The molecule has 0 heterocycles. The summed E-state index contributed by atoms with van der Waals surface area (Å²) in [5.74, 6) is -0.265. The van der Waals surface area contributed by atoms with Gasteiger partial charge in [0.25, 0.3) is 15.9 Å². The van der Waals surface area contributed by atoms with Crippen molar-refractivity contribution in [2.24, 2.45) is 0 Å². The average molecular weight is 515 g/mol. The van der Waals surface area contributed by atoms with Crippen LogP contribution in [0.1, 0.15) is 10.4 Å². The molecular formula is C20H16Cl2N2O6S2. The average Bonchev–Trinajstić information content (AvgIpc) is 2.70. The summed E-state index contributed by atoms with van der Waals surface area (Å²) < 4.78 is 58.1. The molecule has 1 amide bonds. The lowest BCUT2D eigenvalue weighted by Crippen LogP contribution is -2.30. The van der Waals surface area contributed by atoms with Gasteiger partial charge in [-0.3, -0.25) is 9.52 Å². The summed E-state index contributed by atoms with van der Waals surface area (Å²) in [5, 5.41) is 0.515. The highest BCUT2D eigenvalue weighted by molar-refractivity contribution is 7.92. The number of benzene rings is 3. The Hall–Kier alpha value is -2.79. The number of hydrogen-bond acceptors (Lipinski definition) is 6. The van der Waals surface area contributed by atoms with Crippen molar-refractivity contribution in [1.82, 2.24) is 4.72 Å². The topological polar surface area (TPSA) is 119 Å². The number of nitrogens with one attached hydrogen (secondary N) is 2. The fourth-order valence-electron chi connectivity index (χ4n) is 2.56. The SMILES string of the molecule is CS(=O)(=O)NC(=O)c1cc(Cl)ccc1NS(=O)(=O)c1ccc(Oc2ccccc2Cl)cc1. The molecule has 0 aliphatic rings. The van der Waals surface area contributed by atoms with Gasteiger partial charge in [-0.25, -0.2) is 21.6 Å². The van der Waals surface area contributed by atoms with Crippen LogP contribution < -0.4 is 14.2 Å². The monoisotopic (exact) mass is 514 g/mol. The van der Waals surface area contributed by atoms with Gasteiger partial charge in [-0.15, -0.1) is 0 Å². The lowest BCUT2D eigenvalue weighted by Gasteiger charge is -2.13. The number of sulfonamides is 2. The molecule has 0 saturated carbocycles. The first-order valence-electron chi connectivity index (χ1n) is 8.81. The van der Waals surface area contributed by atoms with Crippen LogP contribution in [0.15, 0.2) is 71.6 Å². The Bertz CT molecular complexity index is 1380. The third kappa shape index (κ3) is 6.13. The third-order valence-electron chi connectivity index (χ3n) is 3.95.